The van der Waals surface area contributed by atoms with Crippen molar-refractivity contribution in [2.24, 2.45) is 0 Å². The summed E-state index contributed by atoms with van der Waals surface area (Å²) in [5.41, 5.74) is 0.616. The van der Waals surface area contributed by atoms with E-state index in [0.717, 1.165) is 19.4 Å². The molecule has 0 spiro atoms. The minimum absolute atomic E-state index is 0.150. The summed E-state index contributed by atoms with van der Waals surface area (Å²) in [6.07, 6.45) is 2.40. The highest BCUT2D eigenvalue weighted by molar-refractivity contribution is 5.92. The van der Waals surface area contributed by atoms with E-state index in [-0.39, 0.29) is 24.8 Å². The van der Waals surface area contributed by atoms with E-state index in [9.17, 15) is 9.59 Å². The summed E-state index contributed by atoms with van der Waals surface area (Å²) in [6.45, 7) is 2.23. The lowest BCUT2D eigenvalue weighted by atomic mass is 10.2. The van der Waals surface area contributed by atoms with Gasteiger partial charge in [0, 0.05) is 26.1 Å². The number of urea groups is 1. The van der Waals surface area contributed by atoms with Gasteiger partial charge in [-0.1, -0.05) is 6.07 Å². The van der Waals surface area contributed by atoms with Gasteiger partial charge in [0.15, 0.2) is 11.5 Å². The van der Waals surface area contributed by atoms with E-state index >= 15 is 0 Å². The largest absolute Gasteiger partial charge is 0.454 e. The number of fused-ring (bicyclic) bond motifs is 1. The molecule has 1 N–H and O–H groups in total. The topological polar surface area (TPSA) is 71.1 Å². The summed E-state index contributed by atoms with van der Waals surface area (Å²) < 4.78 is 10.7. The molecule has 23 heavy (non-hydrogen) atoms. The van der Waals surface area contributed by atoms with Crippen molar-refractivity contribution in [3.05, 3.63) is 18.2 Å². The lowest BCUT2D eigenvalue weighted by Crippen LogP contribution is -2.40. The fourth-order valence-electron chi connectivity index (χ4n) is 3.46. The molecule has 0 aliphatic carbocycles. The molecule has 0 radical (unpaired) electrons. The Morgan fingerprint density at radius 1 is 1.26 bits per heavy atom. The van der Waals surface area contributed by atoms with Crippen LogP contribution in [0.15, 0.2) is 18.2 Å². The number of rotatable bonds is 2. The summed E-state index contributed by atoms with van der Waals surface area (Å²) >= 11 is 0. The van der Waals surface area contributed by atoms with Crippen LogP contribution < -0.4 is 14.8 Å². The number of amides is 3. The van der Waals surface area contributed by atoms with Crippen LogP contribution in [0.1, 0.15) is 19.3 Å². The monoisotopic (exact) mass is 317 g/mol. The van der Waals surface area contributed by atoms with Gasteiger partial charge in [0.25, 0.3) is 0 Å². The molecular weight excluding hydrogens is 298 g/mol. The lowest BCUT2D eigenvalue weighted by Gasteiger charge is -2.24. The maximum absolute atomic E-state index is 12.5. The highest BCUT2D eigenvalue weighted by Gasteiger charge is 2.35. The number of carbonyl (C=O) groups is 2. The first-order chi connectivity index (χ1) is 11.2. The van der Waals surface area contributed by atoms with Gasteiger partial charge in [-0.15, -0.1) is 0 Å². The molecule has 2 saturated heterocycles. The molecule has 0 saturated carbocycles. The van der Waals surface area contributed by atoms with E-state index in [1.165, 1.54) is 0 Å². The molecule has 2 fully saturated rings. The van der Waals surface area contributed by atoms with E-state index in [4.69, 9.17) is 9.47 Å². The molecule has 7 heteroatoms. The number of likely N-dealkylation sites (tertiary alicyclic amines) is 2. The van der Waals surface area contributed by atoms with E-state index < -0.39 is 0 Å². The summed E-state index contributed by atoms with van der Waals surface area (Å²) in [5.74, 6) is 1.43. The van der Waals surface area contributed by atoms with Crippen LogP contribution in [0.25, 0.3) is 0 Å². The van der Waals surface area contributed by atoms with Crippen molar-refractivity contribution >= 4 is 17.6 Å². The standard InChI is InChI=1S/C16H19N3O4/c20-14-5-2-7-19(14)11-6-8-18(9-11)16(21)17-12-3-1-4-13-15(12)23-10-22-13/h1,3-4,11H,2,5-10H2,(H,17,21). The van der Waals surface area contributed by atoms with Crippen molar-refractivity contribution < 1.29 is 19.1 Å². The number of nitrogens with zero attached hydrogens (tertiary/aromatic N) is 2. The molecular formula is C16H19N3O4. The molecule has 1 aromatic carbocycles. The number of anilines is 1. The second-order valence-electron chi connectivity index (χ2n) is 6.05. The molecule has 1 atom stereocenters. The number of nitrogens with one attached hydrogen (secondary N) is 1. The summed E-state index contributed by atoms with van der Waals surface area (Å²) in [5, 5.41) is 2.89. The second-order valence-corrected chi connectivity index (χ2v) is 6.05. The number of benzene rings is 1. The highest BCUT2D eigenvalue weighted by atomic mass is 16.7. The average Bonchev–Trinajstić information content (AvgIpc) is 3.26. The van der Waals surface area contributed by atoms with Crippen molar-refractivity contribution in [3.63, 3.8) is 0 Å². The molecule has 7 nitrogen and oxygen atoms in total. The van der Waals surface area contributed by atoms with Gasteiger partial charge in [-0.3, -0.25) is 4.79 Å². The predicted molar refractivity (Wildman–Crippen MR) is 82.5 cm³/mol. The molecule has 3 heterocycles. The molecule has 1 aromatic rings. The SMILES string of the molecule is O=C(Nc1cccc2c1OCO2)N1CCC(N2CCCC2=O)C1. The summed E-state index contributed by atoms with van der Waals surface area (Å²) in [6, 6.07) is 5.41. The van der Waals surface area contributed by atoms with Crippen LogP contribution in [0, 0.1) is 0 Å². The van der Waals surface area contributed by atoms with Crippen LogP contribution in [0.4, 0.5) is 10.5 Å². The van der Waals surface area contributed by atoms with Gasteiger partial charge in [-0.25, -0.2) is 4.79 Å². The van der Waals surface area contributed by atoms with E-state index in [2.05, 4.69) is 5.32 Å². The third-order valence-corrected chi connectivity index (χ3v) is 4.64. The number of para-hydroxylation sites is 1. The summed E-state index contributed by atoms with van der Waals surface area (Å²) in [7, 11) is 0. The zero-order chi connectivity index (χ0) is 15.8. The van der Waals surface area contributed by atoms with Crippen LogP contribution in [0.5, 0.6) is 11.5 Å². The summed E-state index contributed by atoms with van der Waals surface area (Å²) in [4.78, 5) is 28.0. The van der Waals surface area contributed by atoms with Crippen LogP contribution in [0.3, 0.4) is 0 Å². The molecule has 3 aliphatic rings. The molecule has 3 amide bonds. The number of ether oxygens (including phenoxy) is 2. The quantitative estimate of drug-likeness (QED) is 0.900. The van der Waals surface area contributed by atoms with E-state index in [1.54, 1.807) is 11.0 Å². The van der Waals surface area contributed by atoms with Crippen molar-refractivity contribution in [3.8, 4) is 11.5 Å². The predicted octanol–water partition coefficient (Wildman–Crippen LogP) is 1.64. The van der Waals surface area contributed by atoms with Crippen LogP contribution >= 0.6 is 0 Å². The Kier molecular flexibility index (Phi) is 3.48. The van der Waals surface area contributed by atoms with Crippen LogP contribution in [-0.2, 0) is 4.79 Å². The first kappa shape index (κ1) is 14.2. The van der Waals surface area contributed by atoms with Gasteiger partial charge in [0.05, 0.1) is 11.7 Å². The fraction of sp³-hybridized carbons (Fsp3) is 0.500. The number of hydrogen-bond donors (Lipinski definition) is 1. The van der Waals surface area contributed by atoms with E-state index in [1.807, 2.05) is 17.0 Å². The maximum atomic E-state index is 12.5. The zero-order valence-electron chi connectivity index (χ0n) is 12.8. The Morgan fingerprint density at radius 3 is 3.00 bits per heavy atom. The Balaban J connectivity index is 1.41. The first-order valence-corrected chi connectivity index (χ1v) is 7.96. The van der Waals surface area contributed by atoms with Crippen molar-refractivity contribution in [2.75, 3.05) is 31.7 Å². The molecule has 1 unspecified atom stereocenters. The van der Waals surface area contributed by atoms with Gasteiger partial charge in [0.1, 0.15) is 0 Å². The molecule has 0 aromatic heterocycles. The molecule has 0 bridgehead atoms. The first-order valence-electron chi connectivity index (χ1n) is 7.96. The van der Waals surface area contributed by atoms with Crippen molar-refractivity contribution in [1.82, 2.24) is 9.80 Å². The highest BCUT2D eigenvalue weighted by Crippen LogP contribution is 2.39. The second kappa shape index (κ2) is 5.64. The molecule has 4 rings (SSSR count). The smallest absolute Gasteiger partial charge is 0.322 e. The zero-order valence-corrected chi connectivity index (χ0v) is 12.8. The van der Waals surface area contributed by atoms with E-state index in [0.29, 0.717) is 36.7 Å². The van der Waals surface area contributed by atoms with Crippen LogP contribution in [-0.4, -0.2) is 54.2 Å². The van der Waals surface area contributed by atoms with Gasteiger partial charge in [-0.2, -0.15) is 0 Å². The Bertz CT molecular complexity index is 648. The minimum Gasteiger partial charge on any atom is -0.454 e. The average molecular weight is 317 g/mol. The number of carbonyl (C=O) groups excluding carboxylic acids is 2. The molecule has 122 valence electrons. The van der Waals surface area contributed by atoms with Gasteiger partial charge >= 0.3 is 6.03 Å². The van der Waals surface area contributed by atoms with Gasteiger partial charge < -0.3 is 24.6 Å². The number of hydrogen-bond acceptors (Lipinski definition) is 4. The Morgan fingerprint density at radius 2 is 2.17 bits per heavy atom. The molecule has 3 aliphatic heterocycles. The van der Waals surface area contributed by atoms with Crippen molar-refractivity contribution in [1.29, 1.82) is 0 Å². The normalized spacial score (nSPS) is 22.8. The Hall–Kier alpha value is -2.44. The van der Waals surface area contributed by atoms with Gasteiger partial charge in [-0.05, 0) is 25.0 Å². The minimum atomic E-state index is -0.164. The maximum Gasteiger partial charge on any atom is 0.322 e. The Labute approximate surface area is 134 Å². The van der Waals surface area contributed by atoms with Gasteiger partial charge in [0.2, 0.25) is 12.7 Å². The van der Waals surface area contributed by atoms with Crippen LogP contribution in [0.2, 0.25) is 0 Å². The third kappa shape index (κ3) is 2.56. The lowest BCUT2D eigenvalue weighted by molar-refractivity contribution is -0.129. The third-order valence-electron chi connectivity index (χ3n) is 4.64. The fourth-order valence-corrected chi connectivity index (χ4v) is 3.46. The van der Waals surface area contributed by atoms with Crippen molar-refractivity contribution in [2.45, 2.75) is 25.3 Å².